The van der Waals surface area contributed by atoms with Gasteiger partial charge >= 0.3 is 11.6 Å². The highest BCUT2D eigenvalue weighted by atomic mass is 32.2. The molecular formula is C24H21N5O7S3. The zero-order valence-electron chi connectivity index (χ0n) is 20.5. The average molecular weight is 588 g/mol. The molecule has 1 unspecified atom stereocenters. The molecule has 1 fully saturated rings. The third-order valence-electron chi connectivity index (χ3n) is 6.14. The first-order chi connectivity index (χ1) is 18.6. The first-order valence-corrected chi connectivity index (χ1v) is 14.1. The molecule has 1 saturated heterocycles. The van der Waals surface area contributed by atoms with Gasteiger partial charge in [-0.1, -0.05) is 16.9 Å². The number of nitrogens with two attached hydrogens (primary N) is 1. The Labute approximate surface area is 233 Å². The molecule has 3 aromatic rings. The summed E-state index contributed by atoms with van der Waals surface area (Å²) >= 11 is 3.59. The maximum Gasteiger partial charge on any atom is 0.352 e. The number of hydrogen-bond acceptors (Lipinski definition) is 12. The number of aromatic nitrogens is 1. The van der Waals surface area contributed by atoms with Crippen LogP contribution < -0.4 is 16.7 Å². The summed E-state index contributed by atoms with van der Waals surface area (Å²) in [6, 6.07) is 6.73. The van der Waals surface area contributed by atoms with E-state index in [0.29, 0.717) is 16.2 Å². The number of aryl methyl sites for hydroxylation is 1. The molecule has 0 aliphatic carbocycles. The SMILES string of the molecule is CON=CC(=O)NC1(c2csc(N)n2)S[C@H]2CC(=O)N2C(C(=O)O)=C1CSc1ccc2c(C)cc(=O)oc2c1. The minimum atomic E-state index is -1.48. The summed E-state index contributed by atoms with van der Waals surface area (Å²) in [6.07, 6.45) is 1.02. The predicted octanol–water partition coefficient (Wildman–Crippen LogP) is 2.48. The second-order valence-corrected chi connectivity index (χ2v) is 11.9. The van der Waals surface area contributed by atoms with E-state index in [1.165, 1.54) is 41.6 Å². The molecule has 2 aromatic heterocycles. The number of fused-ring (bicyclic) bond motifs is 2. The summed E-state index contributed by atoms with van der Waals surface area (Å²) in [5, 5.41) is 18.8. The van der Waals surface area contributed by atoms with Crippen LogP contribution in [-0.4, -0.2) is 57.2 Å². The number of anilines is 1. The Bertz CT molecular complexity index is 1630. The molecule has 2 aliphatic heterocycles. The van der Waals surface area contributed by atoms with Gasteiger partial charge in [-0.3, -0.25) is 14.5 Å². The molecule has 15 heteroatoms. The highest BCUT2D eigenvalue weighted by Gasteiger charge is 2.56. The fourth-order valence-corrected chi connectivity index (χ4v) is 7.89. The van der Waals surface area contributed by atoms with Crippen molar-refractivity contribution in [1.29, 1.82) is 0 Å². The van der Waals surface area contributed by atoms with E-state index in [0.717, 1.165) is 28.5 Å². The second-order valence-electron chi connectivity index (χ2n) is 8.53. The molecule has 4 heterocycles. The topological polar surface area (TPSA) is 177 Å². The maximum absolute atomic E-state index is 12.9. The summed E-state index contributed by atoms with van der Waals surface area (Å²) in [6.45, 7) is 1.80. The monoisotopic (exact) mass is 587 g/mol. The van der Waals surface area contributed by atoms with E-state index in [1.807, 2.05) is 12.1 Å². The number of rotatable bonds is 8. The number of oxime groups is 1. The molecule has 12 nitrogen and oxygen atoms in total. The van der Waals surface area contributed by atoms with Crippen LogP contribution in [0.2, 0.25) is 0 Å². The van der Waals surface area contributed by atoms with E-state index >= 15 is 0 Å². The number of amides is 2. The minimum Gasteiger partial charge on any atom is -0.477 e. The Balaban J connectivity index is 1.63. The number of β-lactam (4-membered cyclic amide) rings is 1. The minimum absolute atomic E-state index is 0.0336. The zero-order chi connectivity index (χ0) is 27.9. The first-order valence-electron chi connectivity index (χ1n) is 11.4. The Morgan fingerprint density at radius 3 is 2.87 bits per heavy atom. The van der Waals surface area contributed by atoms with Crippen molar-refractivity contribution in [3.63, 3.8) is 0 Å². The predicted molar refractivity (Wildman–Crippen MR) is 147 cm³/mol. The Hall–Kier alpha value is -3.82. The van der Waals surface area contributed by atoms with E-state index in [9.17, 15) is 24.3 Å². The molecular weight excluding hydrogens is 566 g/mol. The number of nitrogen functional groups attached to an aromatic ring is 1. The van der Waals surface area contributed by atoms with Crippen LogP contribution in [-0.2, 0) is 24.1 Å². The number of carbonyl (C=O) groups excluding carboxylic acids is 2. The molecule has 5 rings (SSSR count). The largest absolute Gasteiger partial charge is 0.477 e. The zero-order valence-corrected chi connectivity index (χ0v) is 22.9. The fourth-order valence-electron chi connectivity index (χ4n) is 4.43. The molecule has 2 aliphatic rings. The molecule has 202 valence electrons. The first kappa shape index (κ1) is 26.8. The van der Waals surface area contributed by atoms with Crippen molar-refractivity contribution in [1.82, 2.24) is 15.2 Å². The van der Waals surface area contributed by atoms with Crippen LogP contribution in [0.4, 0.5) is 5.13 Å². The van der Waals surface area contributed by atoms with Crippen LogP contribution in [0.15, 0.2) is 60.2 Å². The van der Waals surface area contributed by atoms with Gasteiger partial charge in [0.05, 0.1) is 17.5 Å². The van der Waals surface area contributed by atoms with Crippen molar-refractivity contribution < 1.29 is 28.7 Å². The number of nitrogens with one attached hydrogen (secondary N) is 1. The Morgan fingerprint density at radius 2 is 2.21 bits per heavy atom. The number of aliphatic carboxylic acids is 1. The quantitative estimate of drug-likeness (QED) is 0.116. The van der Waals surface area contributed by atoms with Crippen LogP contribution in [0.25, 0.3) is 11.0 Å². The van der Waals surface area contributed by atoms with Crippen molar-refractivity contribution in [3.05, 3.63) is 62.6 Å². The number of nitrogens with zero attached hydrogens (tertiary/aromatic N) is 3. The Morgan fingerprint density at radius 1 is 1.41 bits per heavy atom. The smallest absolute Gasteiger partial charge is 0.352 e. The standard InChI is InChI=1S/C24H21N5O7S3/c1-11-5-20(32)36-15-6-12(3-4-13(11)15)37-9-14-21(22(33)34)29-18(31)7-19(29)39-24(14,16-10-38-23(25)27-16)28-17(30)8-26-35-2/h3-6,8,10,19H,7,9H2,1-2H3,(H2,25,27)(H,28,30)(H,33,34)/t19-,24?/m0/s1. The Kier molecular flexibility index (Phi) is 7.13. The van der Waals surface area contributed by atoms with Gasteiger partial charge < -0.3 is 25.4 Å². The van der Waals surface area contributed by atoms with E-state index in [4.69, 9.17) is 10.2 Å². The van der Waals surface area contributed by atoms with Crippen LogP contribution in [0.3, 0.4) is 0 Å². The molecule has 2 atom stereocenters. The van der Waals surface area contributed by atoms with Gasteiger partial charge in [-0.2, -0.15) is 0 Å². The van der Waals surface area contributed by atoms with Crippen molar-refractivity contribution in [3.8, 4) is 0 Å². The fraction of sp³-hybridized carbons (Fsp3) is 0.250. The lowest BCUT2D eigenvalue weighted by atomic mass is 9.98. The van der Waals surface area contributed by atoms with E-state index in [-0.39, 0.29) is 34.5 Å². The van der Waals surface area contributed by atoms with Crippen LogP contribution in [0.5, 0.6) is 0 Å². The number of carboxylic acids is 1. The molecule has 1 aromatic carbocycles. The number of hydrogen-bond donors (Lipinski definition) is 3. The number of benzene rings is 1. The van der Waals surface area contributed by atoms with Gasteiger partial charge in [0.1, 0.15) is 24.6 Å². The third-order valence-corrected chi connectivity index (χ3v) is 9.39. The number of carboxylic acid groups (broad SMARTS) is 1. The van der Waals surface area contributed by atoms with Gasteiger partial charge in [-0.25, -0.2) is 14.6 Å². The highest BCUT2D eigenvalue weighted by molar-refractivity contribution is 8.01. The van der Waals surface area contributed by atoms with Crippen LogP contribution >= 0.6 is 34.9 Å². The summed E-state index contributed by atoms with van der Waals surface area (Å²) in [7, 11) is 1.28. The summed E-state index contributed by atoms with van der Waals surface area (Å²) in [5.74, 6) is -2.29. The van der Waals surface area contributed by atoms with Gasteiger partial charge in [-0.15, -0.1) is 23.1 Å². The van der Waals surface area contributed by atoms with Gasteiger partial charge in [0.15, 0.2) is 10.0 Å². The lowest BCUT2D eigenvalue weighted by Crippen LogP contribution is -2.61. The van der Waals surface area contributed by atoms with Crippen molar-refractivity contribution in [2.24, 2.45) is 5.16 Å². The lowest BCUT2D eigenvalue weighted by Gasteiger charge is -2.51. The lowest BCUT2D eigenvalue weighted by molar-refractivity contribution is -0.146. The molecule has 39 heavy (non-hydrogen) atoms. The van der Waals surface area contributed by atoms with Crippen molar-refractivity contribution in [2.75, 3.05) is 18.6 Å². The van der Waals surface area contributed by atoms with Gasteiger partial charge in [0.2, 0.25) is 5.91 Å². The van der Waals surface area contributed by atoms with Crippen molar-refractivity contribution in [2.45, 2.75) is 28.5 Å². The summed E-state index contributed by atoms with van der Waals surface area (Å²) in [4.78, 5) is 59.4. The van der Waals surface area contributed by atoms with Crippen LogP contribution in [0.1, 0.15) is 17.7 Å². The second kappa shape index (κ2) is 10.4. The average Bonchev–Trinajstić information content (AvgIpc) is 3.32. The molecule has 0 spiro atoms. The number of thiazole rings is 1. The third kappa shape index (κ3) is 4.88. The van der Waals surface area contributed by atoms with Crippen molar-refractivity contribution >= 4 is 75.0 Å². The molecule has 0 radical (unpaired) electrons. The maximum atomic E-state index is 12.9. The van der Waals surface area contributed by atoms with Gasteiger partial charge in [0, 0.05) is 33.1 Å². The normalized spacial score (nSPS) is 20.7. The number of carbonyl (C=O) groups is 3. The highest BCUT2D eigenvalue weighted by Crippen LogP contribution is 2.55. The van der Waals surface area contributed by atoms with Gasteiger partial charge in [-0.05, 0) is 30.7 Å². The van der Waals surface area contributed by atoms with Gasteiger partial charge in [0.25, 0.3) is 5.91 Å². The molecule has 4 N–H and O–H groups in total. The summed E-state index contributed by atoms with van der Waals surface area (Å²) in [5.41, 5.74) is 6.92. The molecule has 0 bridgehead atoms. The van der Waals surface area contributed by atoms with E-state index in [1.54, 1.807) is 18.4 Å². The van der Waals surface area contributed by atoms with E-state index in [2.05, 4.69) is 20.3 Å². The molecule has 0 saturated carbocycles. The number of thioether (sulfide) groups is 2. The van der Waals surface area contributed by atoms with E-state index < -0.39 is 27.7 Å². The summed E-state index contributed by atoms with van der Waals surface area (Å²) < 4.78 is 5.35. The molecule has 2 amide bonds. The van der Waals surface area contributed by atoms with Crippen LogP contribution in [0, 0.1) is 6.92 Å².